The Morgan fingerprint density at radius 1 is 1.09 bits per heavy atom. The summed E-state index contributed by atoms with van der Waals surface area (Å²) in [5.41, 5.74) is 1.43. The van der Waals surface area contributed by atoms with E-state index in [1.165, 1.54) is 6.07 Å². The average Bonchev–Trinajstić information content (AvgIpc) is 3.08. The van der Waals surface area contributed by atoms with Crippen LogP contribution in [0.2, 0.25) is 0 Å². The van der Waals surface area contributed by atoms with Crippen LogP contribution in [0.4, 0.5) is 5.69 Å². The summed E-state index contributed by atoms with van der Waals surface area (Å²) in [6.07, 6.45) is 2.23. The molecule has 2 heterocycles. The van der Waals surface area contributed by atoms with Gasteiger partial charge in [-0.15, -0.1) is 0 Å². The molecule has 1 saturated heterocycles. The van der Waals surface area contributed by atoms with Crippen LogP contribution in [0.1, 0.15) is 64.7 Å². The van der Waals surface area contributed by atoms with Gasteiger partial charge in [-0.2, -0.15) is 0 Å². The zero-order valence-corrected chi connectivity index (χ0v) is 19.5. The monoisotopic (exact) mass is 449 g/mol. The van der Waals surface area contributed by atoms with E-state index in [-0.39, 0.29) is 17.4 Å². The van der Waals surface area contributed by atoms with Crippen molar-refractivity contribution < 1.29 is 19.1 Å². The highest BCUT2D eigenvalue weighted by Crippen LogP contribution is 2.30. The maximum absolute atomic E-state index is 13.0. The average molecular weight is 450 g/mol. The van der Waals surface area contributed by atoms with Crippen LogP contribution >= 0.6 is 0 Å². The van der Waals surface area contributed by atoms with E-state index >= 15 is 0 Å². The van der Waals surface area contributed by atoms with Crippen LogP contribution in [0.3, 0.4) is 0 Å². The lowest BCUT2D eigenvalue weighted by atomic mass is 9.96. The first-order valence-corrected chi connectivity index (χ1v) is 11.7. The molecule has 0 bridgehead atoms. The number of likely N-dealkylation sites (tertiary alicyclic amines) is 1. The number of rotatable bonds is 7. The second-order valence-electron chi connectivity index (χ2n) is 8.94. The fourth-order valence-electron chi connectivity index (χ4n) is 4.55. The van der Waals surface area contributed by atoms with Gasteiger partial charge in [0.15, 0.2) is 0 Å². The zero-order chi connectivity index (χ0) is 23.5. The van der Waals surface area contributed by atoms with Crippen molar-refractivity contribution >= 4 is 23.4 Å². The van der Waals surface area contributed by atoms with Gasteiger partial charge in [-0.25, -0.2) is 4.90 Å². The van der Waals surface area contributed by atoms with Crippen LogP contribution in [-0.2, 0) is 0 Å². The molecule has 1 atom stereocenters. The molecule has 1 N–H and O–H groups in total. The van der Waals surface area contributed by atoms with Crippen LogP contribution in [0.5, 0.6) is 5.75 Å². The Bertz CT molecular complexity index is 1050. The van der Waals surface area contributed by atoms with Crippen molar-refractivity contribution in [1.82, 2.24) is 10.2 Å². The van der Waals surface area contributed by atoms with Gasteiger partial charge in [-0.1, -0.05) is 0 Å². The largest absolute Gasteiger partial charge is 0.494 e. The van der Waals surface area contributed by atoms with Gasteiger partial charge in [0, 0.05) is 24.7 Å². The van der Waals surface area contributed by atoms with E-state index in [9.17, 15) is 14.4 Å². The van der Waals surface area contributed by atoms with Crippen LogP contribution in [0.25, 0.3) is 0 Å². The molecule has 174 valence electrons. The molecule has 0 aromatic heterocycles. The van der Waals surface area contributed by atoms with Crippen molar-refractivity contribution in [3.63, 3.8) is 0 Å². The summed E-state index contributed by atoms with van der Waals surface area (Å²) in [6.45, 7) is 9.50. The Morgan fingerprint density at radius 3 is 2.52 bits per heavy atom. The van der Waals surface area contributed by atoms with E-state index in [4.69, 9.17) is 4.74 Å². The number of nitrogens with zero attached hydrogens (tertiary/aromatic N) is 2. The summed E-state index contributed by atoms with van der Waals surface area (Å²) in [6, 6.07) is 12.0. The quantitative estimate of drug-likeness (QED) is 0.652. The summed E-state index contributed by atoms with van der Waals surface area (Å²) in [5, 5.41) is 3.02. The Kier molecular flexibility index (Phi) is 6.79. The van der Waals surface area contributed by atoms with Crippen molar-refractivity contribution in [2.75, 3.05) is 31.1 Å². The molecule has 0 radical (unpaired) electrons. The van der Waals surface area contributed by atoms with Gasteiger partial charge in [0.05, 0.1) is 23.4 Å². The van der Waals surface area contributed by atoms with Gasteiger partial charge in [0.2, 0.25) is 0 Å². The van der Waals surface area contributed by atoms with Crippen molar-refractivity contribution in [1.29, 1.82) is 0 Å². The lowest BCUT2D eigenvalue weighted by molar-refractivity contribution is 0.0915. The van der Waals surface area contributed by atoms with E-state index in [0.717, 1.165) is 30.8 Å². The van der Waals surface area contributed by atoms with Crippen LogP contribution in [0, 0.1) is 5.92 Å². The van der Waals surface area contributed by atoms with E-state index in [2.05, 4.69) is 24.1 Å². The topological polar surface area (TPSA) is 79.0 Å². The standard InChI is InChI=1S/C26H31N3O4/c1-4-33-21-10-8-20(9-11-21)29-25(31)22-12-7-19(14-23(22)26(29)32)24(30)27-15-18-6-5-13-28(16-18)17(2)3/h7-12,14,17-18H,4-6,13,15-16H2,1-3H3,(H,27,30). The number of fused-ring (bicyclic) bond motifs is 1. The molecule has 7 nitrogen and oxygen atoms in total. The molecule has 2 aliphatic rings. The minimum atomic E-state index is -0.423. The summed E-state index contributed by atoms with van der Waals surface area (Å²) >= 11 is 0. The summed E-state index contributed by atoms with van der Waals surface area (Å²) < 4.78 is 5.43. The summed E-state index contributed by atoms with van der Waals surface area (Å²) in [5.74, 6) is 0.0548. The van der Waals surface area contributed by atoms with E-state index in [1.54, 1.807) is 36.4 Å². The molecule has 2 aromatic rings. The second kappa shape index (κ2) is 9.75. The van der Waals surface area contributed by atoms with Gasteiger partial charge < -0.3 is 15.0 Å². The zero-order valence-electron chi connectivity index (χ0n) is 19.5. The molecular weight excluding hydrogens is 418 g/mol. The van der Waals surface area contributed by atoms with Crippen molar-refractivity contribution in [3.8, 4) is 5.75 Å². The number of nitrogens with one attached hydrogen (secondary N) is 1. The number of ether oxygens (including phenoxy) is 1. The summed E-state index contributed by atoms with van der Waals surface area (Å²) in [7, 11) is 0. The highest BCUT2D eigenvalue weighted by molar-refractivity contribution is 6.34. The molecule has 0 spiro atoms. The third-order valence-corrected chi connectivity index (χ3v) is 6.39. The first kappa shape index (κ1) is 23.0. The van der Waals surface area contributed by atoms with E-state index in [0.29, 0.717) is 47.7 Å². The highest BCUT2D eigenvalue weighted by Gasteiger charge is 2.37. The first-order chi connectivity index (χ1) is 15.9. The SMILES string of the molecule is CCOc1ccc(N2C(=O)c3ccc(C(=O)NCC4CCCN(C(C)C)C4)cc3C2=O)cc1. The van der Waals surface area contributed by atoms with Crippen LogP contribution < -0.4 is 15.0 Å². The molecule has 0 aliphatic carbocycles. The molecule has 4 rings (SSSR count). The van der Waals surface area contributed by atoms with Gasteiger partial charge in [0.1, 0.15) is 5.75 Å². The first-order valence-electron chi connectivity index (χ1n) is 11.7. The number of amides is 3. The number of hydrogen-bond donors (Lipinski definition) is 1. The lowest BCUT2D eigenvalue weighted by Gasteiger charge is -2.35. The predicted molar refractivity (Wildman–Crippen MR) is 127 cm³/mol. The molecule has 33 heavy (non-hydrogen) atoms. The third kappa shape index (κ3) is 4.78. The molecule has 1 unspecified atom stereocenters. The fraction of sp³-hybridized carbons (Fsp3) is 0.423. The Morgan fingerprint density at radius 2 is 1.82 bits per heavy atom. The van der Waals surface area contributed by atoms with Crippen molar-refractivity contribution in [2.24, 2.45) is 5.92 Å². The number of carbonyl (C=O) groups excluding carboxylic acids is 3. The number of anilines is 1. The second-order valence-corrected chi connectivity index (χ2v) is 8.94. The van der Waals surface area contributed by atoms with E-state index in [1.807, 2.05) is 6.92 Å². The molecule has 1 fully saturated rings. The van der Waals surface area contributed by atoms with Gasteiger partial charge in [0.25, 0.3) is 17.7 Å². The summed E-state index contributed by atoms with van der Waals surface area (Å²) in [4.78, 5) is 42.3. The van der Waals surface area contributed by atoms with Gasteiger partial charge >= 0.3 is 0 Å². The van der Waals surface area contributed by atoms with Crippen LogP contribution in [0.15, 0.2) is 42.5 Å². The number of carbonyl (C=O) groups is 3. The fourth-order valence-corrected chi connectivity index (χ4v) is 4.55. The van der Waals surface area contributed by atoms with Gasteiger partial charge in [-0.05, 0) is 88.5 Å². The number of benzene rings is 2. The number of piperidine rings is 1. The van der Waals surface area contributed by atoms with E-state index < -0.39 is 5.91 Å². The number of imide groups is 1. The smallest absolute Gasteiger partial charge is 0.266 e. The molecule has 2 aromatic carbocycles. The van der Waals surface area contributed by atoms with Gasteiger partial charge in [-0.3, -0.25) is 14.4 Å². The molecule has 0 saturated carbocycles. The number of hydrogen-bond acceptors (Lipinski definition) is 5. The Labute approximate surface area is 194 Å². The third-order valence-electron chi connectivity index (χ3n) is 6.39. The molecule has 3 amide bonds. The van der Waals surface area contributed by atoms with Crippen molar-refractivity contribution in [2.45, 2.75) is 39.7 Å². The molecule has 7 heteroatoms. The maximum Gasteiger partial charge on any atom is 0.266 e. The highest BCUT2D eigenvalue weighted by atomic mass is 16.5. The minimum absolute atomic E-state index is 0.223. The maximum atomic E-state index is 13.0. The van der Waals surface area contributed by atoms with Crippen LogP contribution in [-0.4, -0.2) is 54.9 Å². The minimum Gasteiger partial charge on any atom is -0.494 e. The molecule has 2 aliphatic heterocycles. The lowest BCUT2D eigenvalue weighted by Crippen LogP contribution is -2.43. The Hall–Kier alpha value is -3.19. The van der Waals surface area contributed by atoms with Crippen molar-refractivity contribution in [3.05, 3.63) is 59.2 Å². The Balaban J connectivity index is 1.44. The molecular formula is C26H31N3O4. The normalized spacial score (nSPS) is 18.5. The predicted octanol–water partition coefficient (Wildman–Crippen LogP) is 3.74.